The predicted molar refractivity (Wildman–Crippen MR) is 148 cm³/mol. The number of hydrogen-bond acceptors (Lipinski definition) is 8. The summed E-state index contributed by atoms with van der Waals surface area (Å²) in [6.45, 7) is 3.44. The van der Waals surface area contributed by atoms with Crippen molar-refractivity contribution in [3.63, 3.8) is 0 Å². The summed E-state index contributed by atoms with van der Waals surface area (Å²) in [6, 6.07) is 17.1. The third-order valence-electron chi connectivity index (χ3n) is 5.59. The molecule has 0 radical (unpaired) electrons. The van der Waals surface area contributed by atoms with Crippen LogP contribution >= 0.6 is 11.6 Å². The number of benzene rings is 3. The van der Waals surface area contributed by atoms with Crippen molar-refractivity contribution >= 4 is 62.4 Å². The highest BCUT2D eigenvalue weighted by molar-refractivity contribution is 7.89. The number of amides is 3. The van der Waals surface area contributed by atoms with Crippen LogP contribution in [0.3, 0.4) is 0 Å². The van der Waals surface area contributed by atoms with E-state index >= 15 is 0 Å². The molecule has 3 amide bonds. The molecule has 3 aromatic rings. The summed E-state index contributed by atoms with van der Waals surface area (Å²) in [5.41, 5.74) is 1.34. The summed E-state index contributed by atoms with van der Waals surface area (Å²) < 4.78 is 27.9. The largest absolute Gasteiger partial charge is 0.459 e. The van der Waals surface area contributed by atoms with Gasteiger partial charge in [0.25, 0.3) is 17.7 Å². The molecule has 0 saturated carbocycles. The van der Waals surface area contributed by atoms with Gasteiger partial charge in [-0.2, -0.15) is 0 Å². The van der Waals surface area contributed by atoms with Gasteiger partial charge in [0.15, 0.2) is 0 Å². The van der Waals surface area contributed by atoms with Crippen LogP contribution in [0.15, 0.2) is 88.4 Å². The van der Waals surface area contributed by atoms with E-state index in [-0.39, 0.29) is 38.5 Å². The standard InChI is InChI=1S/C27H23ClN4O7S/c1-15(2)39-27(36)17-5-11-20(12-6-17)32-25(34)22(28)23(26(32)35)30-18-7-3-16(4-8-18)24(33)31-19-9-13-21(14-10-19)40(29,37)38/h3-15,30H,1-2H3,(H,31,33)(H2,29,37,38). The topological polar surface area (TPSA) is 165 Å². The maximum absolute atomic E-state index is 13.1. The minimum Gasteiger partial charge on any atom is -0.459 e. The van der Waals surface area contributed by atoms with Crippen molar-refractivity contribution in [2.45, 2.75) is 24.8 Å². The number of anilines is 3. The Labute approximate surface area is 234 Å². The average molecular weight is 583 g/mol. The van der Waals surface area contributed by atoms with Crippen molar-refractivity contribution in [3.05, 3.63) is 94.7 Å². The Morgan fingerprint density at radius 3 is 1.95 bits per heavy atom. The number of halogens is 1. The molecule has 11 nitrogen and oxygen atoms in total. The Balaban J connectivity index is 1.43. The van der Waals surface area contributed by atoms with E-state index in [0.29, 0.717) is 11.4 Å². The molecule has 0 unspecified atom stereocenters. The highest BCUT2D eigenvalue weighted by Gasteiger charge is 2.39. The first-order valence-electron chi connectivity index (χ1n) is 11.8. The van der Waals surface area contributed by atoms with Crippen LogP contribution in [0, 0.1) is 0 Å². The van der Waals surface area contributed by atoms with Crippen LogP contribution in [-0.4, -0.2) is 38.2 Å². The van der Waals surface area contributed by atoms with E-state index in [9.17, 15) is 27.6 Å². The number of carbonyl (C=O) groups is 4. The van der Waals surface area contributed by atoms with Gasteiger partial charge in [-0.1, -0.05) is 11.6 Å². The predicted octanol–water partition coefficient (Wildman–Crippen LogP) is 3.59. The van der Waals surface area contributed by atoms with Crippen molar-refractivity contribution in [1.82, 2.24) is 0 Å². The van der Waals surface area contributed by atoms with E-state index in [1.807, 2.05) is 0 Å². The van der Waals surface area contributed by atoms with Gasteiger partial charge in [0.2, 0.25) is 10.0 Å². The third kappa shape index (κ3) is 6.20. The van der Waals surface area contributed by atoms with E-state index in [4.69, 9.17) is 21.5 Å². The Morgan fingerprint density at radius 2 is 1.40 bits per heavy atom. The van der Waals surface area contributed by atoms with Crippen LogP contribution in [0.25, 0.3) is 0 Å². The lowest BCUT2D eigenvalue weighted by molar-refractivity contribution is -0.120. The average Bonchev–Trinajstić information content (AvgIpc) is 3.11. The van der Waals surface area contributed by atoms with Crippen LogP contribution in [0.1, 0.15) is 34.6 Å². The highest BCUT2D eigenvalue weighted by Crippen LogP contribution is 2.30. The first kappa shape index (κ1) is 28.5. The lowest BCUT2D eigenvalue weighted by Crippen LogP contribution is -2.32. The molecule has 1 heterocycles. The van der Waals surface area contributed by atoms with Crippen LogP contribution in [0.5, 0.6) is 0 Å². The van der Waals surface area contributed by atoms with Crippen LogP contribution in [0.4, 0.5) is 17.1 Å². The number of imide groups is 1. The van der Waals surface area contributed by atoms with E-state index in [1.165, 1.54) is 72.8 Å². The molecule has 13 heteroatoms. The van der Waals surface area contributed by atoms with Gasteiger partial charge in [-0.25, -0.2) is 23.3 Å². The Morgan fingerprint density at radius 1 is 0.850 bits per heavy atom. The monoisotopic (exact) mass is 582 g/mol. The molecule has 0 fully saturated rings. The Bertz CT molecular complexity index is 1630. The molecule has 3 aromatic carbocycles. The maximum atomic E-state index is 13.1. The van der Waals surface area contributed by atoms with E-state index in [0.717, 1.165) is 4.90 Å². The zero-order valence-corrected chi connectivity index (χ0v) is 22.7. The third-order valence-corrected chi connectivity index (χ3v) is 6.87. The summed E-state index contributed by atoms with van der Waals surface area (Å²) >= 11 is 6.19. The van der Waals surface area contributed by atoms with Gasteiger partial charge in [-0.3, -0.25) is 14.4 Å². The molecule has 40 heavy (non-hydrogen) atoms. The maximum Gasteiger partial charge on any atom is 0.338 e. The SMILES string of the molecule is CC(C)OC(=O)c1ccc(N2C(=O)C(Cl)=C(Nc3ccc(C(=O)Nc4ccc(S(N)(=O)=O)cc4)cc3)C2=O)cc1. The second-order valence-corrected chi connectivity index (χ2v) is 10.8. The van der Waals surface area contributed by atoms with E-state index < -0.39 is 33.7 Å². The molecule has 1 aliphatic rings. The Hall–Kier alpha value is -4.52. The van der Waals surface area contributed by atoms with Crippen LogP contribution < -0.4 is 20.7 Å². The van der Waals surface area contributed by atoms with Gasteiger partial charge in [-0.15, -0.1) is 0 Å². The summed E-state index contributed by atoms with van der Waals surface area (Å²) in [5, 5.41) is 10.2. The molecule has 0 spiro atoms. The number of ether oxygens (including phenoxy) is 1. The summed E-state index contributed by atoms with van der Waals surface area (Å²) in [6.07, 6.45) is -0.300. The molecule has 0 aromatic heterocycles. The van der Waals surface area contributed by atoms with Crippen LogP contribution in [-0.2, 0) is 24.3 Å². The van der Waals surface area contributed by atoms with Crippen molar-refractivity contribution in [3.8, 4) is 0 Å². The van der Waals surface area contributed by atoms with Crippen molar-refractivity contribution in [2.75, 3.05) is 15.5 Å². The fourth-order valence-electron chi connectivity index (χ4n) is 3.66. The minimum absolute atomic E-state index is 0.0873. The van der Waals surface area contributed by atoms with Gasteiger partial charge in [0.1, 0.15) is 10.7 Å². The summed E-state index contributed by atoms with van der Waals surface area (Å²) in [7, 11) is -3.85. The molecular formula is C27H23ClN4O7S. The van der Waals surface area contributed by atoms with E-state index in [2.05, 4.69) is 10.6 Å². The molecular weight excluding hydrogens is 560 g/mol. The fraction of sp³-hybridized carbons (Fsp3) is 0.111. The summed E-state index contributed by atoms with van der Waals surface area (Å²) in [4.78, 5) is 51.3. The number of nitrogens with zero attached hydrogens (tertiary/aromatic N) is 1. The van der Waals surface area contributed by atoms with Gasteiger partial charge >= 0.3 is 5.97 Å². The van der Waals surface area contributed by atoms with Gasteiger partial charge in [0.05, 0.1) is 22.3 Å². The molecule has 0 aliphatic carbocycles. The molecule has 0 saturated heterocycles. The fourth-order valence-corrected chi connectivity index (χ4v) is 4.38. The Kier molecular flexibility index (Phi) is 8.05. The first-order chi connectivity index (χ1) is 18.8. The van der Waals surface area contributed by atoms with Crippen LogP contribution in [0.2, 0.25) is 0 Å². The number of rotatable bonds is 8. The zero-order valence-electron chi connectivity index (χ0n) is 21.2. The van der Waals surface area contributed by atoms with Crippen molar-refractivity contribution in [1.29, 1.82) is 0 Å². The molecule has 206 valence electrons. The smallest absolute Gasteiger partial charge is 0.338 e. The van der Waals surface area contributed by atoms with Gasteiger partial charge in [0, 0.05) is 16.9 Å². The van der Waals surface area contributed by atoms with Gasteiger partial charge in [-0.05, 0) is 86.6 Å². The molecule has 1 aliphatic heterocycles. The summed E-state index contributed by atoms with van der Waals surface area (Å²) in [5.74, 6) is -2.43. The number of nitrogens with two attached hydrogens (primary N) is 1. The number of carbonyl (C=O) groups excluding carboxylic acids is 4. The second kappa shape index (κ2) is 11.3. The van der Waals surface area contributed by atoms with Gasteiger partial charge < -0.3 is 15.4 Å². The van der Waals surface area contributed by atoms with E-state index in [1.54, 1.807) is 13.8 Å². The molecule has 4 rings (SSSR count). The second-order valence-electron chi connectivity index (χ2n) is 8.86. The number of nitrogens with one attached hydrogen (secondary N) is 2. The minimum atomic E-state index is -3.85. The lowest BCUT2D eigenvalue weighted by Gasteiger charge is -2.16. The molecule has 4 N–H and O–H groups in total. The number of hydrogen-bond donors (Lipinski definition) is 3. The number of primary sulfonamides is 1. The van der Waals surface area contributed by atoms with Crippen molar-refractivity contribution < 1.29 is 32.3 Å². The lowest BCUT2D eigenvalue weighted by atomic mass is 10.2. The molecule has 0 bridgehead atoms. The number of sulfonamides is 1. The molecule has 0 atom stereocenters. The highest BCUT2D eigenvalue weighted by atomic mass is 35.5. The first-order valence-corrected chi connectivity index (χ1v) is 13.7. The number of esters is 1. The quantitative estimate of drug-likeness (QED) is 0.268. The van der Waals surface area contributed by atoms with Crippen molar-refractivity contribution in [2.24, 2.45) is 5.14 Å². The zero-order chi connectivity index (χ0) is 29.2. The normalized spacial score (nSPS) is 13.6.